The van der Waals surface area contributed by atoms with Crippen LogP contribution in [0.15, 0.2) is 51.5 Å². The minimum Gasteiger partial charge on any atom is -0.361 e. The molecule has 1 saturated heterocycles. The molecule has 0 unspecified atom stereocenters. The van der Waals surface area contributed by atoms with Crippen LogP contribution in [-0.2, 0) is 6.42 Å². The summed E-state index contributed by atoms with van der Waals surface area (Å²) < 4.78 is 10.8. The van der Waals surface area contributed by atoms with Gasteiger partial charge in [-0.2, -0.15) is 0 Å². The molecule has 1 fully saturated rings. The summed E-state index contributed by atoms with van der Waals surface area (Å²) in [6.07, 6.45) is 3.68. The van der Waals surface area contributed by atoms with Crippen LogP contribution in [0.4, 0.5) is 0 Å². The predicted octanol–water partition coefficient (Wildman–Crippen LogP) is 4.26. The average molecular weight is 351 g/mol. The van der Waals surface area contributed by atoms with Crippen molar-refractivity contribution in [2.24, 2.45) is 0 Å². The number of aryl methyl sites for hydroxylation is 1. The zero-order valence-electron chi connectivity index (χ0n) is 14.7. The normalized spacial score (nSPS) is 17.0. The first-order valence-electron chi connectivity index (χ1n) is 9.05. The van der Waals surface area contributed by atoms with Crippen molar-refractivity contribution < 1.29 is 13.8 Å². The molecule has 0 radical (unpaired) electrons. The standard InChI is InChI=1S/C20H21N3O3/c1-2-7-15-12-16(21-25-15)18-10-6-11-23(18)20(24)17-13-19(26-22-17)14-8-4-3-5-9-14/h3-5,8-9,12-13,18H,2,6-7,10-11H2,1H3/t18-/m1/s1. The van der Waals surface area contributed by atoms with Crippen molar-refractivity contribution in [1.29, 1.82) is 0 Å². The number of likely N-dealkylation sites (tertiary alicyclic amines) is 1. The molecule has 2 aromatic heterocycles. The van der Waals surface area contributed by atoms with E-state index in [4.69, 9.17) is 9.05 Å². The smallest absolute Gasteiger partial charge is 0.276 e. The van der Waals surface area contributed by atoms with Gasteiger partial charge in [0.2, 0.25) is 0 Å². The fourth-order valence-corrected chi connectivity index (χ4v) is 3.43. The molecule has 4 rings (SSSR count). The van der Waals surface area contributed by atoms with E-state index in [1.165, 1.54) is 0 Å². The molecule has 0 bridgehead atoms. The Labute approximate surface area is 151 Å². The molecule has 0 spiro atoms. The zero-order chi connectivity index (χ0) is 17.9. The van der Waals surface area contributed by atoms with Gasteiger partial charge in [0.05, 0.1) is 6.04 Å². The summed E-state index contributed by atoms with van der Waals surface area (Å²) in [6.45, 7) is 2.79. The van der Waals surface area contributed by atoms with Gasteiger partial charge in [-0.25, -0.2) is 0 Å². The highest BCUT2D eigenvalue weighted by atomic mass is 16.5. The number of carbonyl (C=O) groups is 1. The molecular weight excluding hydrogens is 330 g/mol. The lowest BCUT2D eigenvalue weighted by atomic mass is 10.1. The number of aromatic nitrogens is 2. The van der Waals surface area contributed by atoms with Gasteiger partial charge in [0, 0.05) is 30.7 Å². The largest absolute Gasteiger partial charge is 0.361 e. The number of hydrogen-bond donors (Lipinski definition) is 0. The molecule has 0 saturated carbocycles. The van der Waals surface area contributed by atoms with E-state index in [0.29, 0.717) is 18.0 Å². The second-order valence-electron chi connectivity index (χ2n) is 6.57. The van der Waals surface area contributed by atoms with Crippen molar-refractivity contribution in [2.45, 2.75) is 38.6 Å². The van der Waals surface area contributed by atoms with Gasteiger partial charge in [-0.15, -0.1) is 0 Å². The molecule has 6 nitrogen and oxygen atoms in total. The van der Waals surface area contributed by atoms with E-state index >= 15 is 0 Å². The van der Waals surface area contributed by atoms with Crippen molar-refractivity contribution in [3.63, 3.8) is 0 Å². The summed E-state index contributed by atoms with van der Waals surface area (Å²) in [5.74, 6) is 1.34. The van der Waals surface area contributed by atoms with Crippen LogP contribution in [0, 0.1) is 0 Å². The maximum absolute atomic E-state index is 13.0. The van der Waals surface area contributed by atoms with Gasteiger partial charge in [-0.05, 0) is 19.3 Å². The molecule has 1 atom stereocenters. The molecule has 3 heterocycles. The summed E-state index contributed by atoms with van der Waals surface area (Å²) in [5.41, 5.74) is 2.05. The van der Waals surface area contributed by atoms with E-state index in [1.807, 2.05) is 41.3 Å². The van der Waals surface area contributed by atoms with Gasteiger partial charge in [0.15, 0.2) is 11.5 Å². The minimum absolute atomic E-state index is 0.0614. The first-order chi connectivity index (χ1) is 12.8. The van der Waals surface area contributed by atoms with Crippen LogP contribution in [-0.4, -0.2) is 27.7 Å². The summed E-state index contributed by atoms with van der Waals surface area (Å²) in [6, 6.07) is 13.3. The van der Waals surface area contributed by atoms with Gasteiger partial charge in [-0.1, -0.05) is 47.6 Å². The van der Waals surface area contributed by atoms with Crippen molar-refractivity contribution in [1.82, 2.24) is 15.2 Å². The third-order valence-electron chi connectivity index (χ3n) is 4.72. The minimum atomic E-state index is -0.126. The van der Waals surface area contributed by atoms with Gasteiger partial charge in [-0.3, -0.25) is 4.79 Å². The van der Waals surface area contributed by atoms with Crippen molar-refractivity contribution >= 4 is 5.91 Å². The lowest BCUT2D eigenvalue weighted by molar-refractivity contribution is 0.0720. The summed E-state index contributed by atoms with van der Waals surface area (Å²) in [5, 5.41) is 8.17. The first kappa shape index (κ1) is 16.6. The molecule has 0 N–H and O–H groups in total. The Morgan fingerprint density at radius 1 is 1.19 bits per heavy atom. The van der Waals surface area contributed by atoms with Crippen LogP contribution in [0.25, 0.3) is 11.3 Å². The molecular formula is C20H21N3O3. The number of hydrogen-bond acceptors (Lipinski definition) is 5. The maximum atomic E-state index is 13.0. The predicted molar refractivity (Wildman–Crippen MR) is 95.4 cm³/mol. The summed E-state index contributed by atoms with van der Waals surface area (Å²) >= 11 is 0. The molecule has 134 valence electrons. The molecule has 0 aliphatic carbocycles. The van der Waals surface area contributed by atoms with E-state index < -0.39 is 0 Å². The highest BCUT2D eigenvalue weighted by molar-refractivity contribution is 5.93. The van der Waals surface area contributed by atoms with Crippen molar-refractivity contribution in [3.8, 4) is 11.3 Å². The number of amides is 1. The fraction of sp³-hybridized carbons (Fsp3) is 0.350. The number of carbonyl (C=O) groups excluding carboxylic acids is 1. The Balaban J connectivity index is 1.54. The van der Waals surface area contributed by atoms with E-state index in [1.54, 1.807) is 6.07 Å². The Morgan fingerprint density at radius 2 is 2.04 bits per heavy atom. The van der Waals surface area contributed by atoms with Gasteiger partial charge < -0.3 is 13.9 Å². The highest BCUT2D eigenvalue weighted by Crippen LogP contribution is 2.33. The third kappa shape index (κ3) is 3.14. The molecule has 6 heteroatoms. The summed E-state index contributed by atoms with van der Waals surface area (Å²) in [4.78, 5) is 14.8. The number of benzene rings is 1. The lowest BCUT2D eigenvalue weighted by Crippen LogP contribution is -2.30. The van der Waals surface area contributed by atoms with Gasteiger partial charge in [0.1, 0.15) is 11.5 Å². The molecule has 1 aliphatic rings. The Morgan fingerprint density at radius 3 is 2.85 bits per heavy atom. The van der Waals surface area contributed by atoms with E-state index in [-0.39, 0.29) is 11.9 Å². The van der Waals surface area contributed by atoms with Crippen LogP contribution in [0.5, 0.6) is 0 Å². The Bertz CT molecular complexity index is 885. The fourth-order valence-electron chi connectivity index (χ4n) is 3.43. The van der Waals surface area contributed by atoms with Crippen molar-refractivity contribution in [2.75, 3.05) is 6.54 Å². The Kier molecular flexibility index (Phi) is 4.56. The lowest BCUT2D eigenvalue weighted by Gasteiger charge is -2.21. The first-order valence-corrected chi connectivity index (χ1v) is 9.05. The second kappa shape index (κ2) is 7.15. The van der Waals surface area contributed by atoms with Gasteiger partial charge >= 0.3 is 0 Å². The van der Waals surface area contributed by atoms with Crippen LogP contribution < -0.4 is 0 Å². The van der Waals surface area contributed by atoms with Crippen LogP contribution in [0.2, 0.25) is 0 Å². The summed E-state index contributed by atoms with van der Waals surface area (Å²) in [7, 11) is 0. The van der Waals surface area contributed by atoms with Crippen LogP contribution in [0.3, 0.4) is 0 Å². The maximum Gasteiger partial charge on any atom is 0.276 e. The quantitative estimate of drug-likeness (QED) is 0.687. The molecule has 3 aromatic rings. The SMILES string of the molecule is CCCc1cc([C@H]2CCCN2C(=O)c2cc(-c3ccccc3)on2)no1. The Hall–Kier alpha value is -2.89. The molecule has 1 aromatic carbocycles. The van der Waals surface area contributed by atoms with E-state index in [2.05, 4.69) is 17.2 Å². The highest BCUT2D eigenvalue weighted by Gasteiger charge is 2.34. The molecule has 1 amide bonds. The van der Waals surface area contributed by atoms with Gasteiger partial charge in [0.25, 0.3) is 5.91 Å². The molecule has 1 aliphatic heterocycles. The van der Waals surface area contributed by atoms with Crippen molar-refractivity contribution in [3.05, 3.63) is 59.6 Å². The van der Waals surface area contributed by atoms with Crippen LogP contribution in [0.1, 0.15) is 54.2 Å². The molecule has 26 heavy (non-hydrogen) atoms. The third-order valence-corrected chi connectivity index (χ3v) is 4.72. The average Bonchev–Trinajstić information content (AvgIpc) is 3.42. The van der Waals surface area contributed by atoms with Crippen LogP contribution >= 0.6 is 0 Å². The number of nitrogens with zero attached hydrogens (tertiary/aromatic N) is 3. The monoisotopic (exact) mass is 351 g/mol. The van der Waals surface area contributed by atoms with E-state index in [0.717, 1.165) is 42.7 Å². The second-order valence-corrected chi connectivity index (χ2v) is 6.57. The topological polar surface area (TPSA) is 72.4 Å². The van der Waals surface area contributed by atoms with E-state index in [9.17, 15) is 4.79 Å². The number of rotatable bonds is 5. The zero-order valence-corrected chi connectivity index (χ0v) is 14.7.